The minimum Gasteiger partial charge on any atom is -0.456 e. The fourth-order valence-corrected chi connectivity index (χ4v) is 10.6. The highest BCUT2D eigenvalue weighted by Gasteiger charge is 2.25. The highest BCUT2D eigenvalue weighted by Crippen LogP contribution is 2.44. The summed E-state index contributed by atoms with van der Waals surface area (Å²) in [4.78, 5) is 16.4. The lowest BCUT2D eigenvalue weighted by atomic mass is 10.0. The van der Waals surface area contributed by atoms with Crippen molar-refractivity contribution in [2.75, 3.05) is 0 Å². The number of fused-ring (bicyclic) bond motifs is 15. The molecule has 15 aromatic rings. The van der Waals surface area contributed by atoms with Crippen LogP contribution in [0.2, 0.25) is 0 Å². The van der Waals surface area contributed by atoms with Crippen molar-refractivity contribution in [3.05, 3.63) is 200 Å². The fraction of sp³-hybridized carbons (Fsp3) is 0. The third kappa shape index (κ3) is 4.93. The molecule has 10 aromatic carbocycles. The molecule has 7 nitrogen and oxygen atoms in total. The second kappa shape index (κ2) is 13.2. The number of rotatable bonds is 4. The van der Waals surface area contributed by atoms with Gasteiger partial charge in [0.05, 0.1) is 33.3 Å². The van der Waals surface area contributed by atoms with E-state index in [2.05, 4.69) is 173 Å². The standard InChI is InChI=1S/C59H33N5O2/c1-2-16-36-31-50-45(30-35(36)15-1)55-37-17-4-3-14-34(37)28-29-49(55)63(50)51-32-44-41-21-8-11-26-52(41)65-54(44)33-46(51)58-60-57(43-23-13-22-42-40-20-7-12-27-53(40)66-56(42)43)61-59(62-58)64-47-24-9-5-18-38(47)39-19-6-10-25-48(39)64/h1-33H. The molecule has 0 radical (unpaired) electrons. The van der Waals surface area contributed by atoms with Gasteiger partial charge in [-0.1, -0.05) is 140 Å². The molecular formula is C59H33N5O2. The molecule has 0 fully saturated rings. The maximum Gasteiger partial charge on any atom is 0.238 e. The van der Waals surface area contributed by atoms with Gasteiger partial charge in [-0.25, -0.2) is 4.98 Å². The monoisotopic (exact) mass is 843 g/mol. The Morgan fingerprint density at radius 1 is 0.318 bits per heavy atom. The molecule has 0 saturated heterocycles. The van der Waals surface area contributed by atoms with Crippen LogP contribution in [0.25, 0.3) is 143 Å². The van der Waals surface area contributed by atoms with Gasteiger partial charge in [0, 0.05) is 48.7 Å². The van der Waals surface area contributed by atoms with Crippen LogP contribution in [0.15, 0.2) is 209 Å². The van der Waals surface area contributed by atoms with Crippen LogP contribution in [0.5, 0.6) is 0 Å². The average molecular weight is 844 g/mol. The first-order valence-corrected chi connectivity index (χ1v) is 22.2. The Kier molecular flexibility index (Phi) is 7.10. The van der Waals surface area contributed by atoms with Gasteiger partial charge in [0.15, 0.2) is 11.6 Å². The van der Waals surface area contributed by atoms with Crippen LogP contribution in [0.1, 0.15) is 0 Å². The van der Waals surface area contributed by atoms with E-state index in [1.54, 1.807) is 0 Å². The summed E-state index contributed by atoms with van der Waals surface area (Å²) in [5.41, 5.74) is 9.73. The van der Waals surface area contributed by atoms with Crippen molar-refractivity contribution in [2.24, 2.45) is 0 Å². The molecule has 0 unspecified atom stereocenters. The van der Waals surface area contributed by atoms with E-state index in [-0.39, 0.29) is 0 Å². The largest absolute Gasteiger partial charge is 0.456 e. The maximum atomic E-state index is 6.70. The highest BCUT2D eigenvalue weighted by atomic mass is 16.3. The molecule has 0 aliphatic heterocycles. The van der Waals surface area contributed by atoms with Gasteiger partial charge in [0.2, 0.25) is 5.95 Å². The Morgan fingerprint density at radius 2 is 0.909 bits per heavy atom. The van der Waals surface area contributed by atoms with Crippen molar-refractivity contribution in [2.45, 2.75) is 0 Å². The van der Waals surface area contributed by atoms with Crippen molar-refractivity contribution < 1.29 is 8.83 Å². The Labute approximate surface area is 375 Å². The van der Waals surface area contributed by atoms with Crippen LogP contribution < -0.4 is 0 Å². The SMILES string of the molecule is c1ccc2cc3c(cc2c1)c1c2ccccc2ccc1n3-c1cc2c(cc1-c1nc(-c3cccc4c3oc3ccccc34)nc(-n3c4ccccc4c4ccccc43)n1)oc1ccccc12. The van der Waals surface area contributed by atoms with E-state index in [1.165, 1.54) is 26.9 Å². The summed E-state index contributed by atoms with van der Waals surface area (Å²) >= 11 is 0. The van der Waals surface area contributed by atoms with E-state index in [0.717, 1.165) is 98.9 Å². The normalized spacial score (nSPS) is 12.2. The number of para-hydroxylation sites is 5. The molecule has 0 spiro atoms. The molecule has 66 heavy (non-hydrogen) atoms. The predicted octanol–water partition coefficient (Wildman–Crippen LogP) is 15.5. The summed E-state index contributed by atoms with van der Waals surface area (Å²) < 4.78 is 17.9. The van der Waals surface area contributed by atoms with Gasteiger partial charge in [-0.3, -0.25) is 4.57 Å². The topological polar surface area (TPSA) is 74.8 Å². The van der Waals surface area contributed by atoms with Crippen LogP contribution in [-0.2, 0) is 0 Å². The number of hydrogen-bond donors (Lipinski definition) is 0. The lowest BCUT2D eigenvalue weighted by Crippen LogP contribution is -2.08. The summed E-state index contributed by atoms with van der Waals surface area (Å²) in [7, 11) is 0. The first-order chi connectivity index (χ1) is 32.7. The zero-order valence-corrected chi connectivity index (χ0v) is 35.1. The number of hydrogen-bond acceptors (Lipinski definition) is 5. The molecule has 0 atom stereocenters. The van der Waals surface area contributed by atoms with Crippen molar-refractivity contribution >= 4 is 109 Å². The zero-order valence-electron chi connectivity index (χ0n) is 35.1. The third-order valence-electron chi connectivity index (χ3n) is 13.5. The smallest absolute Gasteiger partial charge is 0.238 e. The van der Waals surface area contributed by atoms with E-state index < -0.39 is 0 Å². The van der Waals surface area contributed by atoms with Gasteiger partial charge < -0.3 is 13.4 Å². The molecule has 0 N–H and O–H groups in total. The number of benzene rings is 10. The Hall–Kier alpha value is -9.07. The van der Waals surface area contributed by atoms with Gasteiger partial charge in [-0.05, 0) is 82.2 Å². The summed E-state index contributed by atoms with van der Waals surface area (Å²) in [6.07, 6.45) is 0. The minimum absolute atomic E-state index is 0.496. The first-order valence-electron chi connectivity index (χ1n) is 22.2. The molecule has 0 saturated carbocycles. The summed E-state index contributed by atoms with van der Waals surface area (Å²) in [6, 6.07) is 70.3. The number of nitrogens with zero attached hydrogens (tertiary/aromatic N) is 5. The molecule has 5 heterocycles. The second-order valence-electron chi connectivity index (χ2n) is 17.1. The van der Waals surface area contributed by atoms with E-state index in [0.29, 0.717) is 17.6 Å². The maximum absolute atomic E-state index is 6.70. The van der Waals surface area contributed by atoms with E-state index >= 15 is 0 Å². The lowest BCUT2D eigenvalue weighted by molar-refractivity contribution is 0.668. The summed E-state index contributed by atoms with van der Waals surface area (Å²) in [5.74, 6) is 1.49. The predicted molar refractivity (Wildman–Crippen MR) is 269 cm³/mol. The summed E-state index contributed by atoms with van der Waals surface area (Å²) in [6.45, 7) is 0. The molecule has 0 aliphatic carbocycles. The quantitative estimate of drug-likeness (QED) is 0.176. The van der Waals surface area contributed by atoms with Crippen LogP contribution in [-0.4, -0.2) is 24.1 Å². The van der Waals surface area contributed by atoms with E-state index in [4.69, 9.17) is 23.8 Å². The van der Waals surface area contributed by atoms with Gasteiger partial charge in [0.25, 0.3) is 0 Å². The van der Waals surface area contributed by atoms with Crippen molar-refractivity contribution in [1.29, 1.82) is 0 Å². The van der Waals surface area contributed by atoms with Gasteiger partial charge in [0.1, 0.15) is 22.3 Å². The molecule has 7 heteroatoms. The molecular weight excluding hydrogens is 811 g/mol. The highest BCUT2D eigenvalue weighted by molar-refractivity contribution is 6.24. The number of furan rings is 2. The molecule has 5 aromatic heterocycles. The van der Waals surface area contributed by atoms with Crippen LogP contribution >= 0.6 is 0 Å². The Morgan fingerprint density at radius 3 is 1.67 bits per heavy atom. The number of aromatic nitrogens is 5. The minimum atomic E-state index is 0.496. The Balaban J connectivity index is 1.11. The van der Waals surface area contributed by atoms with E-state index in [9.17, 15) is 0 Å². The Bertz CT molecular complexity index is 4500. The van der Waals surface area contributed by atoms with Gasteiger partial charge in [-0.2, -0.15) is 9.97 Å². The molecule has 0 amide bonds. The average Bonchev–Trinajstić information content (AvgIpc) is 4.12. The van der Waals surface area contributed by atoms with Crippen LogP contribution in [0.3, 0.4) is 0 Å². The van der Waals surface area contributed by atoms with Gasteiger partial charge >= 0.3 is 0 Å². The van der Waals surface area contributed by atoms with Crippen molar-refractivity contribution in [3.63, 3.8) is 0 Å². The van der Waals surface area contributed by atoms with E-state index in [1.807, 2.05) is 36.4 Å². The zero-order chi connectivity index (χ0) is 43.0. The third-order valence-corrected chi connectivity index (χ3v) is 13.5. The fourth-order valence-electron chi connectivity index (χ4n) is 10.6. The first kappa shape index (κ1) is 35.4. The molecule has 15 rings (SSSR count). The van der Waals surface area contributed by atoms with Crippen molar-refractivity contribution in [1.82, 2.24) is 24.1 Å². The molecule has 0 bridgehead atoms. The lowest BCUT2D eigenvalue weighted by Gasteiger charge is -2.16. The van der Waals surface area contributed by atoms with Crippen LogP contribution in [0, 0.1) is 0 Å². The van der Waals surface area contributed by atoms with Crippen LogP contribution in [0.4, 0.5) is 0 Å². The molecule has 0 aliphatic rings. The second-order valence-corrected chi connectivity index (χ2v) is 17.1. The van der Waals surface area contributed by atoms with Gasteiger partial charge in [-0.15, -0.1) is 0 Å². The summed E-state index contributed by atoms with van der Waals surface area (Å²) in [5, 5.41) is 13.4. The molecule has 306 valence electrons. The van der Waals surface area contributed by atoms with Crippen molar-refractivity contribution in [3.8, 4) is 34.4 Å².